The number of anilines is 3. The summed E-state index contributed by atoms with van der Waals surface area (Å²) in [6, 6.07) is 14.0. The highest BCUT2D eigenvalue weighted by molar-refractivity contribution is 5.99. The topological polar surface area (TPSA) is 128 Å². The first-order chi connectivity index (χ1) is 17.4. The van der Waals surface area contributed by atoms with Crippen LogP contribution in [0.2, 0.25) is 0 Å². The lowest BCUT2D eigenvalue weighted by Gasteiger charge is -2.26. The predicted octanol–water partition coefficient (Wildman–Crippen LogP) is 4.41. The van der Waals surface area contributed by atoms with E-state index in [1.807, 2.05) is 37.3 Å². The molecule has 0 bridgehead atoms. The minimum absolute atomic E-state index is 0.0306. The Kier molecular flexibility index (Phi) is 7.77. The molecule has 9 nitrogen and oxygen atoms in total. The second-order valence-electron chi connectivity index (χ2n) is 9.08. The van der Waals surface area contributed by atoms with Crippen molar-refractivity contribution in [3.05, 3.63) is 80.4 Å². The van der Waals surface area contributed by atoms with Crippen LogP contribution in [0.4, 0.5) is 17.1 Å². The van der Waals surface area contributed by atoms with Crippen LogP contribution in [-0.4, -0.2) is 27.8 Å². The van der Waals surface area contributed by atoms with Gasteiger partial charge >= 0.3 is 0 Å². The van der Waals surface area contributed by atoms with Crippen molar-refractivity contribution >= 4 is 23.0 Å². The number of amides is 1. The van der Waals surface area contributed by atoms with Crippen LogP contribution in [0, 0.1) is 0 Å². The van der Waals surface area contributed by atoms with E-state index in [0.29, 0.717) is 6.42 Å². The number of nitrogens with zero attached hydrogens (tertiary/aromatic N) is 1. The Bertz CT molecular complexity index is 1330. The van der Waals surface area contributed by atoms with Gasteiger partial charge in [0.1, 0.15) is 11.4 Å². The van der Waals surface area contributed by atoms with Crippen LogP contribution in [0.5, 0.6) is 5.75 Å². The van der Waals surface area contributed by atoms with Gasteiger partial charge in [0.2, 0.25) is 0 Å². The standard InChI is InChI=1S/C27H33N5O4/c1-3-20(17-11-6-4-7-12-17)29-22-23(30-21-16-10-15-19(24(21)33)25(34)28-2)27(36)32(31-26(22)35)18-13-8-5-9-14-18/h4,6-7,10-12,15-16,18,20,29-30,33H,3,5,8-9,13-14H2,1-2H3,(H,28,34)(H,31,35)/t20-/m1/s1. The Morgan fingerprint density at radius 1 is 1.06 bits per heavy atom. The largest absolute Gasteiger partial charge is 0.505 e. The maximum Gasteiger partial charge on any atom is 0.291 e. The second kappa shape index (κ2) is 11.2. The monoisotopic (exact) mass is 491 g/mol. The van der Waals surface area contributed by atoms with Gasteiger partial charge in [0, 0.05) is 7.05 Å². The molecule has 4 rings (SSSR count). The number of hydrogen-bond acceptors (Lipinski definition) is 6. The molecule has 36 heavy (non-hydrogen) atoms. The summed E-state index contributed by atoms with van der Waals surface area (Å²) in [6.07, 6.45) is 5.37. The Hall–Kier alpha value is -4.01. The summed E-state index contributed by atoms with van der Waals surface area (Å²) >= 11 is 0. The number of aromatic hydroxyl groups is 1. The lowest BCUT2D eigenvalue weighted by Crippen LogP contribution is -2.37. The van der Waals surface area contributed by atoms with Gasteiger partial charge in [-0.25, -0.2) is 4.68 Å². The molecule has 2 aromatic carbocycles. The number of carbonyl (C=O) groups excluding carboxylic acids is 1. The van der Waals surface area contributed by atoms with Gasteiger partial charge in [-0.15, -0.1) is 0 Å². The molecular weight excluding hydrogens is 458 g/mol. The Morgan fingerprint density at radius 3 is 2.44 bits per heavy atom. The third kappa shape index (κ3) is 5.15. The highest BCUT2D eigenvalue weighted by atomic mass is 16.3. The van der Waals surface area contributed by atoms with E-state index in [1.54, 1.807) is 12.1 Å². The van der Waals surface area contributed by atoms with E-state index in [1.165, 1.54) is 17.8 Å². The zero-order valence-corrected chi connectivity index (χ0v) is 20.6. The molecule has 3 aromatic rings. The van der Waals surface area contributed by atoms with E-state index in [2.05, 4.69) is 21.0 Å². The summed E-state index contributed by atoms with van der Waals surface area (Å²) in [5, 5.41) is 22.3. The molecule has 1 aliphatic carbocycles. The fourth-order valence-corrected chi connectivity index (χ4v) is 4.78. The molecule has 1 amide bonds. The highest BCUT2D eigenvalue weighted by Gasteiger charge is 2.25. The lowest BCUT2D eigenvalue weighted by atomic mass is 9.95. The molecule has 1 heterocycles. The number of benzene rings is 2. The van der Waals surface area contributed by atoms with Gasteiger partial charge in [-0.1, -0.05) is 62.6 Å². The first-order valence-electron chi connectivity index (χ1n) is 12.5. The summed E-state index contributed by atoms with van der Waals surface area (Å²) < 4.78 is 1.41. The molecule has 190 valence electrons. The number of phenols is 1. The number of phenolic OH excluding ortho intramolecular Hbond substituents is 1. The molecule has 0 spiro atoms. The van der Waals surface area contributed by atoms with Crippen LogP contribution >= 0.6 is 0 Å². The van der Waals surface area contributed by atoms with E-state index in [-0.39, 0.29) is 40.5 Å². The van der Waals surface area contributed by atoms with Gasteiger partial charge in [0.05, 0.1) is 23.3 Å². The van der Waals surface area contributed by atoms with Crippen molar-refractivity contribution in [1.29, 1.82) is 0 Å². The summed E-state index contributed by atoms with van der Waals surface area (Å²) in [5.74, 6) is -0.767. The van der Waals surface area contributed by atoms with Crippen molar-refractivity contribution in [2.75, 3.05) is 17.7 Å². The number of para-hydroxylation sites is 1. The number of H-pyrrole nitrogens is 1. The van der Waals surface area contributed by atoms with Gasteiger partial charge in [0.25, 0.3) is 17.0 Å². The number of aromatic nitrogens is 2. The van der Waals surface area contributed by atoms with Gasteiger partial charge in [-0.2, -0.15) is 0 Å². The quantitative estimate of drug-likeness (QED) is 0.297. The SMILES string of the molecule is CC[C@@H](Nc1c(Nc2cccc(C(=O)NC)c2O)c(=O)n(C2CCCCC2)[nH]c1=O)c1ccccc1. The van der Waals surface area contributed by atoms with Crippen LogP contribution in [0.1, 0.15) is 73.5 Å². The zero-order valence-electron chi connectivity index (χ0n) is 20.6. The third-order valence-corrected chi connectivity index (χ3v) is 6.77. The molecule has 0 saturated heterocycles. The summed E-state index contributed by atoms with van der Waals surface area (Å²) in [7, 11) is 1.47. The van der Waals surface area contributed by atoms with E-state index in [9.17, 15) is 19.5 Å². The van der Waals surface area contributed by atoms with Crippen LogP contribution in [-0.2, 0) is 0 Å². The molecule has 1 fully saturated rings. The van der Waals surface area contributed by atoms with Crippen LogP contribution in [0.25, 0.3) is 0 Å². The van der Waals surface area contributed by atoms with Crippen molar-refractivity contribution in [2.45, 2.75) is 57.5 Å². The molecule has 0 radical (unpaired) electrons. The number of carbonyl (C=O) groups is 1. The first-order valence-corrected chi connectivity index (χ1v) is 12.5. The fourth-order valence-electron chi connectivity index (χ4n) is 4.78. The molecule has 9 heteroatoms. The maximum absolute atomic E-state index is 13.8. The number of aromatic amines is 1. The third-order valence-electron chi connectivity index (χ3n) is 6.77. The van der Waals surface area contributed by atoms with Gasteiger partial charge in [-0.05, 0) is 37.0 Å². The lowest BCUT2D eigenvalue weighted by molar-refractivity contribution is 0.0960. The van der Waals surface area contributed by atoms with Gasteiger partial charge < -0.3 is 21.1 Å². The molecular formula is C27H33N5O4. The van der Waals surface area contributed by atoms with E-state index in [0.717, 1.165) is 37.7 Å². The van der Waals surface area contributed by atoms with E-state index < -0.39 is 17.0 Å². The van der Waals surface area contributed by atoms with Crippen LogP contribution in [0.3, 0.4) is 0 Å². The zero-order chi connectivity index (χ0) is 25.7. The van der Waals surface area contributed by atoms with Crippen molar-refractivity contribution in [3.8, 4) is 5.75 Å². The summed E-state index contributed by atoms with van der Waals surface area (Å²) in [5.41, 5.74) is 0.493. The Morgan fingerprint density at radius 2 is 1.78 bits per heavy atom. The van der Waals surface area contributed by atoms with E-state index >= 15 is 0 Å². The maximum atomic E-state index is 13.8. The average Bonchev–Trinajstić information content (AvgIpc) is 2.91. The Labute approximate surface area is 209 Å². The minimum atomic E-state index is -0.463. The number of rotatable bonds is 8. The van der Waals surface area contributed by atoms with Gasteiger partial charge in [0.15, 0.2) is 5.75 Å². The second-order valence-corrected chi connectivity index (χ2v) is 9.08. The minimum Gasteiger partial charge on any atom is -0.505 e. The molecule has 5 N–H and O–H groups in total. The van der Waals surface area contributed by atoms with Crippen molar-refractivity contribution in [3.63, 3.8) is 0 Å². The number of hydrogen-bond donors (Lipinski definition) is 5. The van der Waals surface area contributed by atoms with Gasteiger partial charge in [-0.3, -0.25) is 19.5 Å². The average molecular weight is 492 g/mol. The fraction of sp³-hybridized carbons (Fsp3) is 0.370. The summed E-state index contributed by atoms with van der Waals surface area (Å²) in [4.78, 5) is 39.4. The number of nitrogens with one attached hydrogen (secondary N) is 4. The molecule has 1 atom stereocenters. The van der Waals surface area contributed by atoms with Crippen molar-refractivity contribution in [1.82, 2.24) is 15.1 Å². The molecule has 1 saturated carbocycles. The van der Waals surface area contributed by atoms with Crippen molar-refractivity contribution < 1.29 is 9.90 Å². The molecule has 0 aliphatic heterocycles. The predicted molar refractivity (Wildman–Crippen MR) is 141 cm³/mol. The Balaban J connectivity index is 1.83. The van der Waals surface area contributed by atoms with Crippen LogP contribution < -0.4 is 27.1 Å². The molecule has 1 aromatic heterocycles. The molecule has 1 aliphatic rings. The normalized spacial score (nSPS) is 14.7. The van der Waals surface area contributed by atoms with Crippen molar-refractivity contribution in [2.24, 2.45) is 0 Å². The first kappa shape index (κ1) is 25.1. The van der Waals surface area contributed by atoms with Crippen LogP contribution in [0.15, 0.2) is 58.1 Å². The molecule has 0 unspecified atom stereocenters. The highest BCUT2D eigenvalue weighted by Crippen LogP contribution is 2.33. The smallest absolute Gasteiger partial charge is 0.291 e. The summed E-state index contributed by atoms with van der Waals surface area (Å²) in [6.45, 7) is 1.99. The van der Waals surface area contributed by atoms with E-state index in [4.69, 9.17) is 0 Å².